The van der Waals surface area contributed by atoms with Crippen LogP contribution in [0.1, 0.15) is 37.7 Å². The van der Waals surface area contributed by atoms with Crippen molar-refractivity contribution >= 4 is 41.2 Å². The zero-order chi connectivity index (χ0) is 16.7. The van der Waals surface area contributed by atoms with Crippen LogP contribution in [-0.4, -0.2) is 24.5 Å². The lowest BCUT2D eigenvalue weighted by Gasteiger charge is -2.22. The van der Waals surface area contributed by atoms with Gasteiger partial charge in [0.25, 0.3) is 5.91 Å². The second-order valence-electron chi connectivity index (χ2n) is 5.51. The molecular weight excluding hydrogens is 337 g/mol. The van der Waals surface area contributed by atoms with Crippen LogP contribution in [-0.2, 0) is 14.3 Å². The minimum atomic E-state index is -0.588. The lowest BCUT2D eigenvalue weighted by molar-refractivity contribution is -0.144. The number of ether oxygens (including phenoxy) is 1. The van der Waals surface area contributed by atoms with Gasteiger partial charge in [-0.2, -0.15) is 0 Å². The van der Waals surface area contributed by atoms with Crippen molar-refractivity contribution in [1.29, 1.82) is 0 Å². The molecule has 4 nitrogen and oxygen atoms in total. The van der Waals surface area contributed by atoms with Gasteiger partial charge in [-0.05, 0) is 36.6 Å². The number of carbonyl (C=O) groups is 2. The van der Waals surface area contributed by atoms with Gasteiger partial charge in [0.05, 0.1) is 0 Å². The fraction of sp³-hybridized carbons (Fsp3) is 0.412. The zero-order valence-corrected chi connectivity index (χ0v) is 14.2. The summed E-state index contributed by atoms with van der Waals surface area (Å²) in [5.41, 5.74) is 0.652. The van der Waals surface area contributed by atoms with E-state index < -0.39 is 5.97 Å². The van der Waals surface area contributed by atoms with Crippen molar-refractivity contribution in [3.8, 4) is 0 Å². The van der Waals surface area contributed by atoms with E-state index in [9.17, 15) is 9.59 Å². The average Bonchev–Trinajstić information content (AvgIpc) is 2.53. The molecule has 0 atom stereocenters. The largest absolute Gasteiger partial charge is 0.452 e. The molecule has 1 N–H and O–H groups in total. The van der Waals surface area contributed by atoms with Gasteiger partial charge in [-0.25, -0.2) is 4.79 Å². The summed E-state index contributed by atoms with van der Waals surface area (Å²) < 4.78 is 4.92. The average molecular weight is 356 g/mol. The van der Waals surface area contributed by atoms with Crippen molar-refractivity contribution in [3.63, 3.8) is 0 Å². The van der Waals surface area contributed by atoms with Crippen molar-refractivity contribution < 1.29 is 14.3 Å². The van der Waals surface area contributed by atoms with Gasteiger partial charge >= 0.3 is 5.97 Å². The molecule has 0 radical (unpaired) electrons. The Morgan fingerprint density at radius 1 is 1.22 bits per heavy atom. The van der Waals surface area contributed by atoms with Crippen LogP contribution in [0.4, 0.5) is 0 Å². The van der Waals surface area contributed by atoms with E-state index >= 15 is 0 Å². The predicted octanol–water partition coefficient (Wildman–Crippen LogP) is 4.00. The first-order chi connectivity index (χ1) is 11.0. The van der Waals surface area contributed by atoms with Gasteiger partial charge < -0.3 is 10.1 Å². The third-order valence-electron chi connectivity index (χ3n) is 3.68. The number of rotatable bonds is 5. The molecule has 1 aliphatic rings. The normalized spacial score (nSPS) is 15.6. The summed E-state index contributed by atoms with van der Waals surface area (Å²) in [6, 6.07) is 5.17. The van der Waals surface area contributed by atoms with Gasteiger partial charge in [-0.15, -0.1) is 0 Å². The van der Waals surface area contributed by atoms with E-state index in [4.69, 9.17) is 27.9 Å². The van der Waals surface area contributed by atoms with Crippen LogP contribution in [0.5, 0.6) is 0 Å². The first-order valence-corrected chi connectivity index (χ1v) is 8.39. The molecule has 0 spiro atoms. The summed E-state index contributed by atoms with van der Waals surface area (Å²) in [5.74, 6) is -0.849. The van der Waals surface area contributed by atoms with Crippen LogP contribution in [0.25, 0.3) is 6.08 Å². The highest BCUT2D eigenvalue weighted by Gasteiger charge is 2.16. The van der Waals surface area contributed by atoms with Gasteiger partial charge in [-0.3, -0.25) is 4.79 Å². The smallest absolute Gasteiger partial charge is 0.331 e. The van der Waals surface area contributed by atoms with E-state index in [1.165, 1.54) is 18.6 Å². The summed E-state index contributed by atoms with van der Waals surface area (Å²) >= 11 is 11.8. The number of nitrogens with one attached hydrogen (secondary N) is 1. The van der Waals surface area contributed by atoms with Gasteiger partial charge in [0.1, 0.15) is 0 Å². The minimum absolute atomic E-state index is 0.207. The Morgan fingerprint density at radius 3 is 2.65 bits per heavy atom. The van der Waals surface area contributed by atoms with Crippen LogP contribution in [0.15, 0.2) is 24.3 Å². The van der Waals surface area contributed by atoms with Crippen molar-refractivity contribution in [3.05, 3.63) is 39.9 Å². The molecule has 6 heteroatoms. The fourth-order valence-electron chi connectivity index (χ4n) is 2.50. The highest BCUT2D eigenvalue weighted by Crippen LogP contribution is 2.22. The number of esters is 1. The molecule has 1 fully saturated rings. The van der Waals surface area contributed by atoms with Crippen LogP contribution < -0.4 is 5.32 Å². The Balaban J connectivity index is 1.75. The predicted molar refractivity (Wildman–Crippen MR) is 91.5 cm³/mol. The maximum atomic E-state index is 11.7. The van der Waals surface area contributed by atoms with E-state index in [2.05, 4.69) is 5.32 Å². The first-order valence-electron chi connectivity index (χ1n) is 7.64. The molecule has 0 heterocycles. The van der Waals surface area contributed by atoms with Crippen LogP contribution in [0.2, 0.25) is 10.0 Å². The lowest BCUT2D eigenvalue weighted by atomic mass is 9.95. The molecule has 23 heavy (non-hydrogen) atoms. The van der Waals surface area contributed by atoms with Crippen molar-refractivity contribution in [1.82, 2.24) is 5.32 Å². The van der Waals surface area contributed by atoms with Gasteiger partial charge in [-0.1, -0.05) is 48.5 Å². The molecule has 0 saturated heterocycles. The van der Waals surface area contributed by atoms with Gasteiger partial charge in [0.15, 0.2) is 6.61 Å². The zero-order valence-electron chi connectivity index (χ0n) is 12.7. The molecule has 1 aliphatic carbocycles. The Labute approximate surface area is 145 Å². The van der Waals surface area contributed by atoms with Crippen molar-refractivity contribution in [2.24, 2.45) is 0 Å². The summed E-state index contributed by atoms with van der Waals surface area (Å²) in [7, 11) is 0. The topological polar surface area (TPSA) is 55.4 Å². The van der Waals surface area contributed by atoms with Crippen molar-refractivity contribution in [2.45, 2.75) is 38.1 Å². The summed E-state index contributed by atoms with van der Waals surface area (Å²) in [4.78, 5) is 23.4. The Kier molecular flexibility index (Phi) is 6.93. The van der Waals surface area contributed by atoms with Crippen LogP contribution >= 0.6 is 23.2 Å². The minimum Gasteiger partial charge on any atom is -0.452 e. The fourth-order valence-corrected chi connectivity index (χ4v) is 2.97. The molecule has 1 aromatic rings. The number of halogens is 2. The molecule has 1 amide bonds. The molecule has 2 rings (SSSR count). The molecule has 0 aliphatic heterocycles. The highest BCUT2D eigenvalue weighted by molar-refractivity contribution is 6.35. The maximum absolute atomic E-state index is 11.7. The Hall–Kier alpha value is -1.52. The van der Waals surface area contributed by atoms with E-state index in [0.29, 0.717) is 15.6 Å². The van der Waals surface area contributed by atoms with E-state index in [-0.39, 0.29) is 18.6 Å². The van der Waals surface area contributed by atoms with E-state index in [0.717, 1.165) is 25.7 Å². The number of hydrogen-bond acceptors (Lipinski definition) is 3. The van der Waals surface area contributed by atoms with Crippen LogP contribution in [0.3, 0.4) is 0 Å². The SMILES string of the molecule is O=C(COC(=O)/C=C/c1ccc(Cl)cc1Cl)NC1CCCCC1. The quantitative estimate of drug-likeness (QED) is 0.641. The van der Waals surface area contributed by atoms with Gasteiger partial charge in [0, 0.05) is 22.2 Å². The molecule has 0 unspecified atom stereocenters. The molecular formula is C17H19Cl2NO3. The molecule has 0 aromatic heterocycles. The number of benzene rings is 1. The lowest BCUT2D eigenvalue weighted by Crippen LogP contribution is -2.38. The number of carbonyl (C=O) groups excluding carboxylic acids is 2. The monoisotopic (exact) mass is 355 g/mol. The third kappa shape index (κ3) is 6.24. The first kappa shape index (κ1) is 17.8. The number of hydrogen-bond donors (Lipinski definition) is 1. The summed E-state index contributed by atoms with van der Waals surface area (Å²) in [6.07, 6.45) is 8.25. The second kappa shape index (κ2) is 8.94. The third-order valence-corrected chi connectivity index (χ3v) is 4.24. The van der Waals surface area contributed by atoms with E-state index in [1.54, 1.807) is 18.2 Å². The molecule has 1 saturated carbocycles. The summed E-state index contributed by atoms with van der Waals surface area (Å²) in [5, 5.41) is 3.85. The van der Waals surface area contributed by atoms with E-state index in [1.807, 2.05) is 0 Å². The molecule has 124 valence electrons. The summed E-state index contributed by atoms with van der Waals surface area (Å²) in [6.45, 7) is -0.270. The van der Waals surface area contributed by atoms with Crippen LogP contribution in [0, 0.1) is 0 Å². The molecule has 0 bridgehead atoms. The Morgan fingerprint density at radius 2 is 1.96 bits per heavy atom. The second-order valence-corrected chi connectivity index (χ2v) is 6.35. The molecule has 1 aromatic carbocycles. The van der Waals surface area contributed by atoms with Gasteiger partial charge in [0.2, 0.25) is 0 Å². The standard InChI is InChI=1S/C17H19Cl2NO3/c18-13-8-6-12(15(19)10-13)7-9-17(22)23-11-16(21)20-14-4-2-1-3-5-14/h6-10,14H,1-5,11H2,(H,20,21)/b9-7+. The highest BCUT2D eigenvalue weighted by atomic mass is 35.5. The maximum Gasteiger partial charge on any atom is 0.331 e. The number of amides is 1. The Bertz CT molecular complexity index is 596. The van der Waals surface area contributed by atoms with Crippen molar-refractivity contribution in [2.75, 3.05) is 6.61 Å².